The van der Waals surface area contributed by atoms with Crippen molar-refractivity contribution in [1.29, 1.82) is 0 Å². The minimum atomic E-state index is 0.109. The monoisotopic (exact) mass is 433 g/mol. The van der Waals surface area contributed by atoms with Gasteiger partial charge in [-0.05, 0) is 53.7 Å². The predicted molar refractivity (Wildman–Crippen MR) is 105 cm³/mol. The molecule has 0 saturated heterocycles. The molecule has 0 unspecified atom stereocenters. The molecule has 1 saturated carbocycles. The molecule has 134 valence electrons. The summed E-state index contributed by atoms with van der Waals surface area (Å²) in [5.74, 6) is 1.22. The molecule has 0 spiro atoms. The van der Waals surface area contributed by atoms with Gasteiger partial charge in [0.05, 0.1) is 10.9 Å². The summed E-state index contributed by atoms with van der Waals surface area (Å²) in [6.45, 7) is 0. The van der Waals surface area contributed by atoms with Crippen molar-refractivity contribution >= 4 is 44.4 Å². The van der Waals surface area contributed by atoms with Crippen molar-refractivity contribution in [3.05, 3.63) is 46.4 Å². The smallest absolute Gasteiger partial charge is 0.224 e. The van der Waals surface area contributed by atoms with Crippen LogP contribution in [0.15, 0.2) is 41.3 Å². The molecule has 3 aromatic rings. The van der Waals surface area contributed by atoms with E-state index in [4.69, 9.17) is 16.3 Å². The van der Waals surface area contributed by atoms with E-state index in [1.54, 1.807) is 24.7 Å². The summed E-state index contributed by atoms with van der Waals surface area (Å²) in [4.78, 5) is 17.2. The number of hydrogen-bond donors (Lipinski definition) is 1. The lowest BCUT2D eigenvalue weighted by molar-refractivity contribution is 0.146. The standard InChI is InChI=1S/C18H17BrClN5O/c19-11-8-14-15(23-10-11)9-16(20)25-17(14)26-13-4-2-12(3-5-13)24-18-21-6-1-7-22-18/h1,6-10,12-13H,2-5H2,(H,21,22,24). The third-order valence-corrected chi connectivity index (χ3v) is 5.06. The maximum atomic E-state index is 6.19. The third-order valence-electron chi connectivity index (χ3n) is 4.43. The third kappa shape index (κ3) is 4.04. The van der Waals surface area contributed by atoms with Crippen molar-refractivity contribution in [2.45, 2.75) is 37.8 Å². The van der Waals surface area contributed by atoms with Crippen LogP contribution in [0.2, 0.25) is 5.15 Å². The average Bonchev–Trinajstić information content (AvgIpc) is 2.65. The Bertz CT molecular complexity index is 903. The van der Waals surface area contributed by atoms with Gasteiger partial charge in [-0.15, -0.1) is 0 Å². The quantitative estimate of drug-likeness (QED) is 0.603. The SMILES string of the molecule is Clc1cc2ncc(Br)cc2c(OC2CCC(Nc3ncccn3)CC2)n1. The number of nitrogens with one attached hydrogen (secondary N) is 1. The lowest BCUT2D eigenvalue weighted by Gasteiger charge is -2.29. The minimum absolute atomic E-state index is 0.109. The van der Waals surface area contributed by atoms with E-state index in [-0.39, 0.29) is 6.10 Å². The van der Waals surface area contributed by atoms with E-state index in [0.29, 0.717) is 23.0 Å². The number of fused-ring (bicyclic) bond motifs is 1. The van der Waals surface area contributed by atoms with E-state index in [0.717, 1.165) is 41.1 Å². The Labute approximate surface area is 164 Å². The molecule has 6 nitrogen and oxygen atoms in total. The van der Waals surface area contributed by atoms with Crippen LogP contribution in [-0.2, 0) is 0 Å². The highest BCUT2D eigenvalue weighted by Gasteiger charge is 2.24. The fourth-order valence-electron chi connectivity index (χ4n) is 3.17. The Morgan fingerprint density at radius 1 is 1.08 bits per heavy atom. The van der Waals surface area contributed by atoms with Gasteiger partial charge in [0.15, 0.2) is 0 Å². The van der Waals surface area contributed by atoms with Crippen LogP contribution in [0.1, 0.15) is 25.7 Å². The van der Waals surface area contributed by atoms with Crippen molar-refractivity contribution in [3.63, 3.8) is 0 Å². The van der Waals surface area contributed by atoms with Crippen LogP contribution >= 0.6 is 27.5 Å². The molecule has 0 atom stereocenters. The summed E-state index contributed by atoms with van der Waals surface area (Å²) in [6, 6.07) is 5.88. The molecule has 1 aliphatic carbocycles. The Balaban J connectivity index is 1.43. The zero-order chi connectivity index (χ0) is 17.9. The van der Waals surface area contributed by atoms with Gasteiger partial charge in [0.2, 0.25) is 11.8 Å². The molecule has 0 bridgehead atoms. The van der Waals surface area contributed by atoms with Crippen molar-refractivity contribution in [2.75, 3.05) is 5.32 Å². The highest BCUT2D eigenvalue weighted by molar-refractivity contribution is 9.10. The van der Waals surface area contributed by atoms with Crippen LogP contribution in [0.3, 0.4) is 0 Å². The van der Waals surface area contributed by atoms with Gasteiger partial charge in [-0.25, -0.2) is 15.0 Å². The topological polar surface area (TPSA) is 72.8 Å². The van der Waals surface area contributed by atoms with Gasteiger partial charge in [-0.1, -0.05) is 11.6 Å². The van der Waals surface area contributed by atoms with Crippen LogP contribution in [0.4, 0.5) is 5.95 Å². The summed E-state index contributed by atoms with van der Waals surface area (Å²) < 4.78 is 7.07. The largest absolute Gasteiger partial charge is 0.474 e. The van der Waals surface area contributed by atoms with Gasteiger partial charge in [-0.2, -0.15) is 0 Å². The maximum absolute atomic E-state index is 6.19. The summed E-state index contributed by atoms with van der Waals surface area (Å²) in [5.41, 5.74) is 0.778. The average molecular weight is 435 g/mol. The van der Waals surface area contributed by atoms with Crippen LogP contribution < -0.4 is 10.1 Å². The summed E-state index contributed by atoms with van der Waals surface area (Å²) in [7, 11) is 0. The molecule has 1 N–H and O–H groups in total. The van der Waals surface area contributed by atoms with Gasteiger partial charge < -0.3 is 10.1 Å². The van der Waals surface area contributed by atoms with Gasteiger partial charge in [0, 0.05) is 35.2 Å². The highest BCUT2D eigenvalue weighted by Crippen LogP contribution is 2.31. The Kier molecular flexibility index (Phi) is 5.17. The number of ether oxygens (including phenoxy) is 1. The number of rotatable bonds is 4. The molecule has 26 heavy (non-hydrogen) atoms. The van der Waals surface area contributed by atoms with E-state index in [2.05, 4.69) is 41.2 Å². The molecule has 3 aromatic heterocycles. The van der Waals surface area contributed by atoms with E-state index < -0.39 is 0 Å². The zero-order valence-corrected chi connectivity index (χ0v) is 16.2. The van der Waals surface area contributed by atoms with Gasteiger partial charge in [0.25, 0.3) is 0 Å². The lowest BCUT2D eigenvalue weighted by Crippen LogP contribution is -2.32. The molecule has 0 aliphatic heterocycles. The molecule has 3 heterocycles. The van der Waals surface area contributed by atoms with Crippen LogP contribution in [0, 0.1) is 0 Å². The van der Waals surface area contributed by atoms with Crippen molar-refractivity contribution in [1.82, 2.24) is 19.9 Å². The molecule has 4 rings (SSSR count). The van der Waals surface area contributed by atoms with Crippen LogP contribution in [0.25, 0.3) is 10.9 Å². The second-order valence-electron chi connectivity index (χ2n) is 6.28. The van der Waals surface area contributed by atoms with E-state index in [1.165, 1.54) is 0 Å². The second-order valence-corrected chi connectivity index (χ2v) is 7.58. The molecule has 0 aromatic carbocycles. The molecule has 0 radical (unpaired) electrons. The Morgan fingerprint density at radius 2 is 1.85 bits per heavy atom. The normalized spacial score (nSPS) is 20.1. The number of anilines is 1. The fourth-order valence-corrected chi connectivity index (χ4v) is 3.68. The molecular formula is C18H17BrClN5O. The predicted octanol–water partition coefficient (Wildman–Crippen LogP) is 4.64. The number of halogens is 2. The summed E-state index contributed by atoms with van der Waals surface area (Å²) in [6.07, 6.45) is 9.18. The second kappa shape index (κ2) is 7.72. The van der Waals surface area contributed by atoms with Crippen LogP contribution in [-0.4, -0.2) is 32.1 Å². The van der Waals surface area contributed by atoms with E-state index >= 15 is 0 Å². The van der Waals surface area contributed by atoms with E-state index in [9.17, 15) is 0 Å². The number of pyridine rings is 2. The first-order chi connectivity index (χ1) is 12.7. The van der Waals surface area contributed by atoms with Crippen molar-refractivity contribution in [2.24, 2.45) is 0 Å². The number of hydrogen-bond acceptors (Lipinski definition) is 6. The first-order valence-electron chi connectivity index (χ1n) is 8.49. The zero-order valence-electron chi connectivity index (χ0n) is 13.9. The summed E-state index contributed by atoms with van der Waals surface area (Å²) >= 11 is 9.58. The Morgan fingerprint density at radius 3 is 2.62 bits per heavy atom. The van der Waals surface area contributed by atoms with E-state index in [1.807, 2.05) is 12.1 Å². The van der Waals surface area contributed by atoms with Gasteiger partial charge in [-0.3, -0.25) is 4.98 Å². The summed E-state index contributed by atoms with van der Waals surface area (Å²) in [5, 5.41) is 4.63. The molecule has 1 fully saturated rings. The van der Waals surface area contributed by atoms with Gasteiger partial charge in [0.1, 0.15) is 11.3 Å². The lowest BCUT2D eigenvalue weighted by atomic mass is 9.93. The number of nitrogens with zero attached hydrogens (tertiary/aromatic N) is 4. The first-order valence-corrected chi connectivity index (χ1v) is 9.66. The number of aromatic nitrogens is 4. The molecule has 1 aliphatic rings. The van der Waals surface area contributed by atoms with Gasteiger partial charge >= 0.3 is 0 Å². The highest BCUT2D eigenvalue weighted by atomic mass is 79.9. The Hall–Kier alpha value is -1.99. The van der Waals surface area contributed by atoms with Crippen LogP contribution in [0.5, 0.6) is 5.88 Å². The molecule has 8 heteroatoms. The molecule has 0 amide bonds. The fraction of sp³-hybridized carbons (Fsp3) is 0.333. The van der Waals surface area contributed by atoms with Crippen molar-refractivity contribution < 1.29 is 4.74 Å². The first kappa shape index (κ1) is 17.4. The van der Waals surface area contributed by atoms with Crippen molar-refractivity contribution in [3.8, 4) is 5.88 Å². The maximum Gasteiger partial charge on any atom is 0.224 e. The molecular weight excluding hydrogens is 418 g/mol. The minimum Gasteiger partial charge on any atom is -0.474 e.